The van der Waals surface area contributed by atoms with Crippen LogP contribution in [0.25, 0.3) is 0 Å². The Kier molecular flexibility index (Phi) is 5.18. The summed E-state index contributed by atoms with van der Waals surface area (Å²) >= 11 is 0. The van der Waals surface area contributed by atoms with Gasteiger partial charge in [0.05, 0.1) is 5.25 Å². The zero-order chi connectivity index (χ0) is 13.8. The Morgan fingerprint density at radius 3 is 2.44 bits per heavy atom. The summed E-state index contributed by atoms with van der Waals surface area (Å²) < 4.78 is 23.9. The van der Waals surface area contributed by atoms with E-state index in [2.05, 4.69) is 0 Å². The van der Waals surface area contributed by atoms with Crippen LogP contribution in [0.5, 0.6) is 0 Å². The van der Waals surface area contributed by atoms with Crippen LogP contribution in [0.15, 0.2) is 30.3 Å². The molecule has 0 fully saturated rings. The molecule has 1 aromatic carbocycles. The Bertz CT molecular complexity index is 501. The van der Waals surface area contributed by atoms with Crippen LogP contribution in [0.3, 0.4) is 0 Å². The van der Waals surface area contributed by atoms with Gasteiger partial charge in [-0.25, -0.2) is 8.42 Å². The zero-order valence-corrected chi connectivity index (χ0v) is 11.4. The van der Waals surface area contributed by atoms with Gasteiger partial charge < -0.3 is 10.8 Å². The number of nitrogens with two attached hydrogens (primary N) is 1. The van der Waals surface area contributed by atoms with Crippen LogP contribution < -0.4 is 5.73 Å². The fraction of sp³-hybridized carbons (Fsp3) is 0.364. The highest BCUT2D eigenvalue weighted by Crippen LogP contribution is 2.30. The van der Waals surface area contributed by atoms with Crippen molar-refractivity contribution in [1.29, 1.82) is 0 Å². The van der Waals surface area contributed by atoms with E-state index in [0.717, 1.165) is 0 Å². The van der Waals surface area contributed by atoms with Crippen molar-refractivity contribution in [1.82, 2.24) is 0 Å². The molecular weight excluding hydrogens is 274 g/mol. The smallest absolute Gasteiger partial charge is 0.321 e. The van der Waals surface area contributed by atoms with Gasteiger partial charge in [0.25, 0.3) is 0 Å². The van der Waals surface area contributed by atoms with Crippen molar-refractivity contribution in [2.75, 3.05) is 5.75 Å². The molecule has 3 N–H and O–H groups in total. The van der Waals surface area contributed by atoms with Gasteiger partial charge in [-0.3, -0.25) is 4.79 Å². The fourth-order valence-electron chi connectivity index (χ4n) is 1.23. The minimum atomic E-state index is -3.47. The van der Waals surface area contributed by atoms with Gasteiger partial charge in [0, 0.05) is 5.75 Å². The van der Waals surface area contributed by atoms with Crippen LogP contribution >= 0.6 is 10.8 Å². The summed E-state index contributed by atoms with van der Waals surface area (Å²) in [4.78, 5) is 10.5. The molecule has 0 aliphatic carbocycles. The van der Waals surface area contributed by atoms with E-state index in [1.54, 1.807) is 37.3 Å². The van der Waals surface area contributed by atoms with Crippen LogP contribution in [0.2, 0.25) is 0 Å². The molecule has 2 atom stereocenters. The fourth-order valence-corrected chi connectivity index (χ4v) is 4.36. The maximum atomic E-state index is 12.0. The SMILES string of the molecule is CC(c1ccccc1)S(=O)(=O)SCC(N)C(=O)O. The molecule has 100 valence electrons. The van der Waals surface area contributed by atoms with Crippen LogP contribution in [0.4, 0.5) is 0 Å². The highest BCUT2D eigenvalue weighted by atomic mass is 33.1. The third kappa shape index (κ3) is 4.01. The molecule has 5 nitrogen and oxygen atoms in total. The van der Waals surface area contributed by atoms with Crippen LogP contribution in [0.1, 0.15) is 17.7 Å². The number of carboxylic acid groups (broad SMARTS) is 1. The summed E-state index contributed by atoms with van der Waals surface area (Å²) in [5.74, 6) is -1.36. The lowest BCUT2D eigenvalue weighted by Crippen LogP contribution is -2.33. The van der Waals surface area contributed by atoms with E-state index in [-0.39, 0.29) is 5.75 Å². The van der Waals surface area contributed by atoms with E-state index in [4.69, 9.17) is 10.8 Å². The first kappa shape index (κ1) is 15.0. The maximum absolute atomic E-state index is 12.0. The maximum Gasteiger partial charge on any atom is 0.321 e. The molecule has 0 spiro atoms. The number of benzene rings is 1. The zero-order valence-electron chi connectivity index (χ0n) is 9.81. The molecule has 0 aliphatic heterocycles. The number of hydrogen-bond acceptors (Lipinski definition) is 5. The number of carbonyl (C=O) groups is 1. The van der Waals surface area contributed by atoms with Crippen LogP contribution in [-0.4, -0.2) is 31.3 Å². The number of rotatable bonds is 6. The lowest BCUT2D eigenvalue weighted by Gasteiger charge is -2.13. The molecule has 7 heteroatoms. The Hall–Kier alpha value is -1.05. The second-order valence-corrected chi connectivity index (χ2v) is 8.14. The number of carboxylic acids is 1. The molecule has 0 amide bonds. The lowest BCUT2D eigenvalue weighted by molar-refractivity contribution is -0.137. The molecule has 2 unspecified atom stereocenters. The van der Waals surface area contributed by atoms with E-state index in [1.807, 2.05) is 0 Å². The minimum Gasteiger partial charge on any atom is -0.480 e. The van der Waals surface area contributed by atoms with Gasteiger partial charge in [-0.05, 0) is 23.3 Å². The summed E-state index contributed by atoms with van der Waals surface area (Å²) in [5, 5.41) is 7.91. The molecule has 1 rings (SSSR count). The topological polar surface area (TPSA) is 97.5 Å². The summed E-state index contributed by atoms with van der Waals surface area (Å²) in [6.07, 6.45) is 0. The Morgan fingerprint density at radius 2 is 1.94 bits per heavy atom. The van der Waals surface area contributed by atoms with Crippen molar-refractivity contribution < 1.29 is 18.3 Å². The van der Waals surface area contributed by atoms with Crippen molar-refractivity contribution >= 4 is 25.6 Å². The summed E-state index contributed by atoms with van der Waals surface area (Å²) in [5.41, 5.74) is 5.95. The van der Waals surface area contributed by atoms with Gasteiger partial charge in [0.15, 0.2) is 0 Å². The predicted molar refractivity (Wildman–Crippen MR) is 71.8 cm³/mol. The summed E-state index contributed by atoms with van der Waals surface area (Å²) in [7, 11) is -2.88. The number of aliphatic carboxylic acids is 1. The Balaban J connectivity index is 2.73. The van der Waals surface area contributed by atoms with Gasteiger partial charge in [-0.1, -0.05) is 30.3 Å². The third-order valence-corrected chi connectivity index (χ3v) is 6.65. The lowest BCUT2D eigenvalue weighted by atomic mass is 10.2. The minimum absolute atomic E-state index is 0.158. The average molecular weight is 289 g/mol. The van der Waals surface area contributed by atoms with Gasteiger partial charge in [0.1, 0.15) is 6.04 Å². The molecule has 0 aromatic heterocycles. The molecule has 0 radical (unpaired) electrons. The summed E-state index contributed by atoms with van der Waals surface area (Å²) in [6, 6.07) is 7.59. The quantitative estimate of drug-likeness (QED) is 0.764. The Labute approximate surface area is 110 Å². The normalized spacial score (nSPS) is 15.0. The molecule has 1 aromatic rings. The van der Waals surface area contributed by atoms with Crippen molar-refractivity contribution in [3.63, 3.8) is 0 Å². The highest BCUT2D eigenvalue weighted by molar-refractivity contribution is 8.72. The summed E-state index contributed by atoms with van der Waals surface area (Å²) in [6.45, 7) is 1.57. The van der Waals surface area contributed by atoms with E-state index in [0.29, 0.717) is 16.4 Å². The standard InChI is InChI=1S/C11H15NO4S2/c1-8(9-5-3-2-4-6-9)18(15,16)17-7-10(12)11(13)14/h2-6,8,10H,7,12H2,1H3,(H,13,14). The third-order valence-electron chi connectivity index (χ3n) is 2.43. The van der Waals surface area contributed by atoms with E-state index >= 15 is 0 Å². The monoisotopic (exact) mass is 289 g/mol. The van der Waals surface area contributed by atoms with Crippen molar-refractivity contribution in [2.24, 2.45) is 5.73 Å². The molecule has 0 heterocycles. The highest BCUT2D eigenvalue weighted by Gasteiger charge is 2.25. The van der Waals surface area contributed by atoms with Gasteiger partial charge in [0.2, 0.25) is 8.87 Å². The second-order valence-electron chi connectivity index (χ2n) is 3.77. The van der Waals surface area contributed by atoms with Crippen LogP contribution in [0, 0.1) is 0 Å². The van der Waals surface area contributed by atoms with E-state index < -0.39 is 26.1 Å². The Morgan fingerprint density at radius 1 is 1.39 bits per heavy atom. The first-order valence-electron chi connectivity index (χ1n) is 5.26. The largest absolute Gasteiger partial charge is 0.480 e. The molecule has 18 heavy (non-hydrogen) atoms. The van der Waals surface area contributed by atoms with Gasteiger partial charge >= 0.3 is 5.97 Å². The van der Waals surface area contributed by atoms with Crippen molar-refractivity contribution in [3.05, 3.63) is 35.9 Å². The van der Waals surface area contributed by atoms with Gasteiger partial charge in [-0.15, -0.1) is 0 Å². The predicted octanol–water partition coefficient (Wildman–Crippen LogP) is 1.22. The number of hydrogen-bond donors (Lipinski definition) is 2. The van der Waals surface area contributed by atoms with Crippen molar-refractivity contribution in [3.8, 4) is 0 Å². The first-order valence-corrected chi connectivity index (χ1v) is 8.31. The molecule has 0 saturated carbocycles. The second kappa shape index (κ2) is 6.21. The van der Waals surface area contributed by atoms with E-state index in [1.165, 1.54) is 0 Å². The molecular formula is C11H15NO4S2. The van der Waals surface area contributed by atoms with Crippen molar-refractivity contribution in [2.45, 2.75) is 18.2 Å². The van der Waals surface area contributed by atoms with E-state index in [9.17, 15) is 13.2 Å². The molecule has 0 bridgehead atoms. The first-order chi connectivity index (χ1) is 8.34. The average Bonchev–Trinajstić information content (AvgIpc) is 2.36. The molecule has 0 aliphatic rings. The molecule has 0 saturated heterocycles. The van der Waals surface area contributed by atoms with Gasteiger partial charge in [-0.2, -0.15) is 0 Å². The van der Waals surface area contributed by atoms with Crippen LogP contribution in [-0.2, 0) is 13.7 Å².